The standard InChI is InChI=1S/C20H26N2O4S/c1-4-21-27(24,25)19-9-5-8-17(15-19)20(23)22(2)14-6-7-16-10-12-18(26-3)13-11-16/h5,8-13,15,21H,4,6-7,14H2,1-3H3. The Morgan fingerprint density at radius 3 is 2.48 bits per heavy atom. The van der Waals surface area contributed by atoms with Crippen molar-refractivity contribution in [2.24, 2.45) is 0 Å². The number of carbonyl (C=O) groups is 1. The van der Waals surface area contributed by atoms with Gasteiger partial charge in [0.2, 0.25) is 10.0 Å². The summed E-state index contributed by atoms with van der Waals surface area (Å²) in [4.78, 5) is 14.3. The van der Waals surface area contributed by atoms with E-state index in [-0.39, 0.29) is 10.8 Å². The van der Waals surface area contributed by atoms with Gasteiger partial charge in [-0.05, 0) is 48.7 Å². The van der Waals surface area contributed by atoms with Gasteiger partial charge in [0.25, 0.3) is 5.91 Å². The van der Waals surface area contributed by atoms with Crippen molar-refractivity contribution in [3.63, 3.8) is 0 Å². The van der Waals surface area contributed by atoms with Crippen molar-refractivity contribution in [2.75, 3.05) is 27.2 Å². The van der Waals surface area contributed by atoms with Crippen molar-refractivity contribution in [1.82, 2.24) is 9.62 Å². The smallest absolute Gasteiger partial charge is 0.253 e. The summed E-state index contributed by atoms with van der Waals surface area (Å²) >= 11 is 0. The number of nitrogens with zero attached hydrogens (tertiary/aromatic N) is 1. The maximum Gasteiger partial charge on any atom is 0.253 e. The first-order valence-electron chi connectivity index (χ1n) is 8.85. The van der Waals surface area contributed by atoms with Crippen LogP contribution in [0.2, 0.25) is 0 Å². The van der Waals surface area contributed by atoms with E-state index in [1.165, 1.54) is 17.7 Å². The topological polar surface area (TPSA) is 75.7 Å². The number of hydrogen-bond acceptors (Lipinski definition) is 4. The van der Waals surface area contributed by atoms with E-state index in [0.29, 0.717) is 18.7 Å². The fourth-order valence-electron chi connectivity index (χ4n) is 2.70. The van der Waals surface area contributed by atoms with Crippen LogP contribution >= 0.6 is 0 Å². The molecule has 1 amide bonds. The lowest BCUT2D eigenvalue weighted by Gasteiger charge is -2.17. The lowest BCUT2D eigenvalue weighted by molar-refractivity contribution is 0.0793. The second-order valence-electron chi connectivity index (χ2n) is 6.21. The molecule has 0 aromatic heterocycles. The van der Waals surface area contributed by atoms with Crippen LogP contribution in [-0.4, -0.2) is 46.5 Å². The third-order valence-corrected chi connectivity index (χ3v) is 5.73. The van der Waals surface area contributed by atoms with Gasteiger partial charge in [-0.2, -0.15) is 0 Å². The van der Waals surface area contributed by atoms with Crippen molar-refractivity contribution >= 4 is 15.9 Å². The minimum atomic E-state index is -3.58. The second-order valence-corrected chi connectivity index (χ2v) is 7.97. The summed E-state index contributed by atoms with van der Waals surface area (Å²) in [5.41, 5.74) is 1.54. The average molecular weight is 391 g/mol. The molecule has 0 atom stereocenters. The summed E-state index contributed by atoms with van der Waals surface area (Å²) in [7, 11) is -0.225. The molecule has 27 heavy (non-hydrogen) atoms. The van der Waals surface area contributed by atoms with E-state index in [1.54, 1.807) is 38.1 Å². The summed E-state index contributed by atoms with van der Waals surface area (Å²) in [5.74, 6) is 0.622. The number of methoxy groups -OCH3 is 1. The Kier molecular flexibility index (Phi) is 7.38. The van der Waals surface area contributed by atoms with Crippen LogP contribution < -0.4 is 9.46 Å². The molecule has 146 valence electrons. The monoisotopic (exact) mass is 390 g/mol. The highest BCUT2D eigenvalue weighted by Gasteiger charge is 2.17. The second kappa shape index (κ2) is 9.53. The molecule has 6 nitrogen and oxygen atoms in total. The highest BCUT2D eigenvalue weighted by molar-refractivity contribution is 7.89. The van der Waals surface area contributed by atoms with Gasteiger partial charge in [-0.25, -0.2) is 13.1 Å². The summed E-state index contributed by atoms with van der Waals surface area (Å²) in [6, 6.07) is 14.0. The van der Waals surface area contributed by atoms with Crippen LogP contribution in [0.3, 0.4) is 0 Å². The Morgan fingerprint density at radius 1 is 1.15 bits per heavy atom. The zero-order valence-corrected chi connectivity index (χ0v) is 16.8. The predicted molar refractivity (Wildman–Crippen MR) is 106 cm³/mol. The van der Waals surface area contributed by atoms with Crippen molar-refractivity contribution < 1.29 is 17.9 Å². The predicted octanol–water partition coefficient (Wildman–Crippen LogP) is 2.70. The summed E-state index contributed by atoms with van der Waals surface area (Å²) in [6.07, 6.45) is 1.65. The summed E-state index contributed by atoms with van der Waals surface area (Å²) in [6.45, 7) is 2.59. The third kappa shape index (κ3) is 5.80. The molecule has 0 aliphatic heterocycles. The lowest BCUT2D eigenvalue weighted by atomic mass is 10.1. The number of amides is 1. The maximum absolute atomic E-state index is 12.6. The van der Waals surface area contributed by atoms with Crippen LogP contribution in [-0.2, 0) is 16.4 Å². The number of sulfonamides is 1. The molecule has 0 spiro atoms. The molecule has 0 bridgehead atoms. The molecule has 0 radical (unpaired) electrons. The maximum atomic E-state index is 12.6. The van der Waals surface area contributed by atoms with Crippen molar-refractivity contribution in [3.8, 4) is 5.75 Å². The van der Waals surface area contributed by atoms with Crippen molar-refractivity contribution in [3.05, 3.63) is 59.7 Å². The first-order valence-corrected chi connectivity index (χ1v) is 10.3. The molecule has 0 aliphatic rings. The van der Waals surface area contributed by atoms with E-state index in [4.69, 9.17) is 4.74 Å². The zero-order valence-electron chi connectivity index (χ0n) is 15.9. The normalized spacial score (nSPS) is 11.2. The highest BCUT2D eigenvalue weighted by atomic mass is 32.2. The number of aryl methyl sites for hydroxylation is 1. The molecule has 0 unspecified atom stereocenters. The quantitative estimate of drug-likeness (QED) is 0.714. The molecule has 2 aromatic rings. The first kappa shape index (κ1) is 20.9. The van der Waals surface area contributed by atoms with E-state index in [2.05, 4.69) is 4.72 Å². The lowest BCUT2D eigenvalue weighted by Crippen LogP contribution is -2.28. The summed E-state index contributed by atoms with van der Waals surface area (Å²) < 4.78 is 31.8. The molecule has 2 rings (SSSR count). The van der Waals surface area contributed by atoms with Crippen molar-refractivity contribution in [1.29, 1.82) is 0 Å². The van der Waals surface area contributed by atoms with Crippen molar-refractivity contribution in [2.45, 2.75) is 24.7 Å². The Balaban J connectivity index is 1.96. The Morgan fingerprint density at radius 2 is 1.85 bits per heavy atom. The zero-order chi connectivity index (χ0) is 19.9. The molecule has 0 saturated carbocycles. The Bertz CT molecular complexity index is 864. The Labute approximate surface area is 161 Å². The molecular formula is C20H26N2O4S. The molecular weight excluding hydrogens is 364 g/mol. The van der Waals surface area contributed by atoms with Gasteiger partial charge in [0, 0.05) is 25.7 Å². The van der Waals surface area contributed by atoms with E-state index in [9.17, 15) is 13.2 Å². The van der Waals surface area contributed by atoms with Gasteiger partial charge in [-0.1, -0.05) is 25.1 Å². The highest BCUT2D eigenvalue weighted by Crippen LogP contribution is 2.15. The molecule has 2 aromatic carbocycles. The van der Waals surface area contributed by atoms with Gasteiger partial charge in [0.15, 0.2) is 0 Å². The van der Waals surface area contributed by atoms with Crippen LogP contribution in [0.5, 0.6) is 5.75 Å². The molecule has 0 saturated heterocycles. The average Bonchev–Trinajstić information content (AvgIpc) is 2.68. The van der Waals surface area contributed by atoms with E-state index in [0.717, 1.165) is 18.6 Å². The largest absolute Gasteiger partial charge is 0.497 e. The SMILES string of the molecule is CCNS(=O)(=O)c1cccc(C(=O)N(C)CCCc2ccc(OC)cc2)c1. The first-order chi connectivity index (χ1) is 12.9. The molecule has 0 aliphatic carbocycles. The van der Waals surface area contributed by atoms with Crippen LogP contribution in [0.1, 0.15) is 29.3 Å². The minimum Gasteiger partial charge on any atom is -0.497 e. The molecule has 0 heterocycles. The number of rotatable bonds is 9. The van der Waals surface area contributed by atoms with Gasteiger partial charge >= 0.3 is 0 Å². The van der Waals surface area contributed by atoms with Crippen LogP contribution in [0.25, 0.3) is 0 Å². The Hall–Kier alpha value is -2.38. The van der Waals surface area contributed by atoms with Gasteiger partial charge in [-0.15, -0.1) is 0 Å². The van der Waals surface area contributed by atoms with Gasteiger partial charge < -0.3 is 9.64 Å². The van der Waals surface area contributed by atoms with Crippen LogP contribution in [0.15, 0.2) is 53.4 Å². The van der Waals surface area contributed by atoms with Gasteiger partial charge in [0.05, 0.1) is 12.0 Å². The molecule has 7 heteroatoms. The summed E-state index contributed by atoms with van der Waals surface area (Å²) in [5, 5.41) is 0. The number of carbonyl (C=O) groups excluding carboxylic acids is 1. The van der Waals surface area contributed by atoms with Gasteiger partial charge in [-0.3, -0.25) is 4.79 Å². The third-order valence-electron chi connectivity index (χ3n) is 4.19. The number of nitrogens with one attached hydrogen (secondary N) is 1. The van der Waals surface area contributed by atoms with E-state index < -0.39 is 10.0 Å². The number of hydrogen-bond donors (Lipinski definition) is 1. The number of benzene rings is 2. The van der Waals surface area contributed by atoms with E-state index in [1.807, 2.05) is 24.3 Å². The fourth-order valence-corrected chi connectivity index (χ4v) is 3.79. The number of ether oxygens (including phenoxy) is 1. The van der Waals surface area contributed by atoms with Crippen LogP contribution in [0, 0.1) is 0 Å². The fraction of sp³-hybridized carbons (Fsp3) is 0.350. The molecule has 1 N–H and O–H groups in total. The van der Waals surface area contributed by atoms with Crippen LogP contribution in [0.4, 0.5) is 0 Å². The molecule has 0 fully saturated rings. The minimum absolute atomic E-state index is 0.0989. The van der Waals surface area contributed by atoms with E-state index >= 15 is 0 Å². The van der Waals surface area contributed by atoms with Gasteiger partial charge in [0.1, 0.15) is 5.75 Å².